The first-order chi connectivity index (χ1) is 9.33. The van der Waals surface area contributed by atoms with Gasteiger partial charge in [-0.15, -0.1) is 0 Å². The van der Waals surface area contributed by atoms with Crippen molar-refractivity contribution < 1.29 is 27.4 Å². The number of ether oxygens (including phenoxy) is 2. The lowest BCUT2D eigenvalue weighted by molar-refractivity contribution is -0.136. The van der Waals surface area contributed by atoms with E-state index in [9.17, 15) is 18.0 Å². The first kappa shape index (κ1) is 16.1. The fourth-order valence-corrected chi connectivity index (χ4v) is 1.36. The van der Waals surface area contributed by atoms with Crippen LogP contribution in [-0.2, 0) is 4.74 Å². The number of nitrogens with two attached hydrogens (primary N) is 1. The Hall–Kier alpha value is -1.99. The van der Waals surface area contributed by atoms with Gasteiger partial charge in [-0.05, 0) is 13.3 Å². The van der Waals surface area contributed by atoms with Gasteiger partial charge in [0.2, 0.25) is 5.88 Å². The van der Waals surface area contributed by atoms with Gasteiger partial charge >= 0.3 is 12.1 Å². The van der Waals surface area contributed by atoms with Crippen molar-refractivity contribution in [3.05, 3.63) is 17.8 Å². The number of carbonyl (C=O) groups excluding carboxylic acids is 1. The molecule has 0 spiro atoms. The molecular formula is C12H15F3N2O3. The molecule has 0 fully saturated rings. The second kappa shape index (κ2) is 6.97. The van der Waals surface area contributed by atoms with Gasteiger partial charge in [0.1, 0.15) is 0 Å². The summed E-state index contributed by atoms with van der Waals surface area (Å²) in [7, 11) is 0. The van der Waals surface area contributed by atoms with Crippen LogP contribution in [-0.4, -0.2) is 30.3 Å². The third kappa shape index (κ3) is 5.33. The molecule has 0 amide bonds. The molecule has 1 aromatic rings. The Balaban J connectivity index is 2.59. The van der Waals surface area contributed by atoms with Crippen molar-refractivity contribution in [2.24, 2.45) is 0 Å². The monoisotopic (exact) mass is 292 g/mol. The topological polar surface area (TPSA) is 74.4 Å². The molecule has 0 bridgehead atoms. The average molecular weight is 292 g/mol. The summed E-state index contributed by atoms with van der Waals surface area (Å²) in [6.07, 6.45) is -4.14. The molecule has 0 unspecified atom stereocenters. The molecule has 0 aliphatic rings. The highest BCUT2D eigenvalue weighted by molar-refractivity contribution is 5.95. The van der Waals surface area contributed by atoms with Crippen LogP contribution in [0.3, 0.4) is 0 Å². The number of aromatic nitrogens is 1. The Morgan fingerprint density at radius 1 is 1.45 bits per heavy atom. The molecule has 5 nitrogen and oxygen atoms in total. The fraction of sp³-hybridized carbons (Fsp3) is 0.500. The van der Waals surface area contributed by atoms with E-state index in [1.165, 1.54) is 12.3 Å². The lowest BCUT2D eigenvalue weighted by Gasteiger charge is -2.09. The lowest BCUT2D eigenvalue weighted by atomic mass is 10.2. The van der Waals surface area contributed by atoms with Gasteiger partial charge in [-0.1, -0.05) is 0 Å². The minimum atomic E-state index is -4.21. The van der Waals surface area contributed by atoms with Crippen LogP contribution in [0.15, 0.2) is 12.3 Å². The third-order valence-electron chi connectivity index (χ3n) is 2.26. The van der Waals surface area contributed by atoms with Gasteiger partial charge < -0.3 is 15.2 Å². The molecule has 0 saturated heterocycles. The van der Waals surface area contributed by atoms with E-state index in [1.54, 1.807) is 6.92 Å². The van der Waals surface area contributed by atoms with Crippen LogP contribution in [0.1, 0.15) is 30.1 Å². The lowest BCUT2D eigenvalue weighted by Crippen LogP contribution is -2.11. The Morgan fingerprint density at radius 2 is 2.15 bits per heavy atom. The molecule has 0 aliphatic carbocycles. The van der Waals surface area contributed by atoms with Gasteiger partial charge in [-0.3, -0.25) is 0 Å². The second-order valence-corrected chi connectivity index (χ2v) is 3.90. The second-order valence-electron chi connectivity index (χ2n) is 3.90. The third-order valence-corrected chi connectivity index (χ3v) is 2.26. The number of carbonyl (C=O) groups is 1. The quantitative estimate of drug-likeness (QED) is 0.644. The number of esters is 1. The van der Waals surface area contributed by atoms with Gasteiger partial charge in [0.15, 0.2) is 0 Å². The van der Waals surface area contributed by atoms with E-state index in [2.05, 4.69) is 4.98 Å². The van der Waals surface area contributed by atoms with Crippen LogP contribution >= 0.6 is 0 Å². The molecule has 20 heavy (non-hydrogen) atoms. The molecule has 2 N–H and O–H groups in total. The number of rotatable bonds is 6. The van der Waals surface area contributed by atoms with Crippen molar-refractivity contribution in [2.75, 3.05) is 18.9 Å². The van der Waals surface area contributed by atoms with Crippen molar-refractivity contribution in [1.82, 2.24) is 4.98 Å². The van der Waals surface area contributed by atoms with Crippen LogP contribution in [0.25, 0.3) is 0 Å². The zero-order chi connectivity index (χ0) is 15.2. The Kier molecular flexibility index (Phi) is 5.60. The van der Waals surface area contributed by atoms with Crippen LogP contribution in [0.4, 0.5) is 18.9 Å². The number of nitrogens with zero attached hydrogens (tertiary/aromatic N) is 1. The maximum Gasteiger partial charge on any atom is 0.389 e. The smallest absolute Gasteiger partial charge is 0.389 e. The highest BCUT2D eigenvalue weighted by Crippen LogP contribution is 2.22. The molecule has 0 aliphatic heterocycles. The molecule has 1 rings (SSSR count). The zero-order valence-electron chi connectivity index (χ0n) is 10.9. The van der Waals surface area contributed by atoms with Gasteiger partial charge in [0, 0.05) is 12.5 Å². The SMILES string of the molecule is CCOC(=O)c1cc(OCCCC(F)(F)F)ncc1N. The summed E-state index contributed by atoms with van der Waals surface area (Å²) in [6, 6.07) is 1.25. The maximum absolute atomic E-state index is 11.9. The summed E-state index contributed by atoms with van der Waals surface area (Å²) in [6.45, 7) is 1.67. The van der Waals surface area contributed by atoms with E-state index < -0.39 is 18.6 Å². The number of nitrogen functional groups attached to an aromatic ring is 1. The van der Waals surface area contributed by atoms with E-state index in [4.69, 9.17) is 15.2 Å². The van der Waals surface area contributed by atoms with Gasteiger partial charge in [0.05, 0.1) is 30.7 Å². The van der Waals surface area contributed by atoms with E-state index in [0.29, 0.717) is 0 Å². The summed E-state index contributed by atoms with van der Waals surface area (Å²) < 4.78 is 45.7. The Morgan fingerprint density at radius 3 is 2.75 bits per heavy atom. The summed E-state index contributed by atoms with van der Waals surface area (Å²) >= 11 is 0. The highest BCUT2D eigenvalue weighted by Gasteiger charge is 2.26. The van der Waals surface area contributed by atoms with Crippen LogP contribution < -0.4 is 10.5 Å². The molecular weight excluding hydrogens is 277 g/mol. The van der Waals surface area contributed by atoms with Crippen LogP contribution in [0.5, 0.6) is 5.88 Å². The molecule has 0 atom stereocenters. The van der Waals surface area contributed by atoms with Gasteiger partial charge in [-0.25, -0.2) is 9.78 Å². The summed E-state index contributed by atoms with van der Waals surface area (Å²) in [5, 5.41) is 0. The van der Waals surface area contributed by atoms with Gasteiger partial charge in [0.25, 0.3) is 0 Å². The molecule has 8 heteroatoms. The number of pyridine rings is 1. The number of hydrogen-bond donors (Lipinski definition) is 1. The molecule has 112 valence electrons. The fourth-order valence-electron chi connectivity index (χ4n) is 1.36. The van der Waals surface area contributed by atoms with Gasteiger partial charge in [-0.2, -0.15) is 13.2 Å². The predicted octanol–water partition coefficient (Wildman–Crippen LogP) is 2.56. The zero-order valence-corrected chi connectivity index (χ0v) is 10.9. The number of alkyl halides is 3. The first-order valence-electron chi connectivity index (χ1n) is 5.95. The highest BCUT2D eigenvalue weighted by atomic mass is 19.4. The van der Waals surface area contributed by atoms with Crippen molar-refractivity contribution in [2.45, 2.75) is 25.9 Å². The van der Waals surface area contributed by atoms with E-state index in [-0.39, 0.29) is 36.8 Å². The standard InChI is InChI=1S/C12H15F3N2O3/c1-2-19-11(18)8-6-10(17-7-9(8)16)20-5-3-4-12(13,14)15/h6-7H,2-5,16H2,1H3. The molecule has 1 aromatic heterocycles. The minimum absolute atomic E-state index is 0.0319. The molecule has 1 heterocycles. The van der Waals surface area contributed by atoms with Crippen LogP contribution in [0.2, 0.25) is 0 Å². The largest absolute Gasteiger partial charge is 0.478 e. The van der Waals surface area contributed by atoms with E-state index >= 15 is 0 Å². The summed E-state index contributed by atoms with van der Waals surface area (Å²) in [5.74, 6) is -0.600. The van der Waals surface area contributed by atoms with Crippen LogP contribution in [0, 0.1) is 0 Å². The summed E-state index contributed by atoms with van der Waals surface area (Å²) in [4.78, 5) is 15.3. The van der Waals surface area contributed by atoms with E-state index in [1.807, 2.05) is 0 Å². The Labute approximate surface area is 113 Å². The summed E-state index contributed by atoms with van der Waals surface area (Å²) in [5.41, 5.74) is 5.76. The Bertz CT molecular complexity index is 464. The van der Waals surface area contributed by atoms with Crippen molar-refractivity contribution >= 4 is 11.7 Å². The molecule has 0 radical (unpaired) electrons. The number of anilines is 1. The predicted molar refractivity (Wildman–Crippen MR) is 65.4 cm³/mol. The maximum atomic E-state index is 11.9. The number of halogens is 3. The normalized spacial score (nSPS) is 11.2. The molecule has 0 saturated carbocycles. The van der Waals surface area contributed by atoms with Crippen molar-refractivity contribution in [1.29, 1.82) is 0 Å². The van der Waals surface area contributed by atoms with E-state index in [0.717, 1.165) is 0 Å². The van der Waals surface area contributed by atoms with Crippen molar-refractivity contribution in [3.63, 3.8) is 0 Å². The first-order valence-corrected chi connectivity index (χ1v) is 5.95. The average Bonchev–Trinajstić information content (AvgIpc) is 2.35. The minimum Gasteiger partial charge on any atom is -0.478 e. The molecule has 0 aromatic carbocycles. The van der Waals surface area contributed by atoms with Crippen molar-refractivity contribution in [3.8, 4) is 5.88 Å². The number of hydrogen-bond acceptors (Lipinski definition) is 5.